The van der Waals surface area contributed by atoms with E-state index in [2.05, 4.69) is 20.8 Å². The lowest BCUT2D eigenvalue weighted by Gasteiger charge is -2.14. The van der Waals surface area contributed by atoms with Crippen LogP contribution in [0.15, 0.2) is 12.0 Å². The van der Waals surface area contributed by atoms with Crippen LogP contribution >= 0.6 is 0 Å². The molecule has 1 atom stereocenters. The van der Waals surface area contributed by atoms with Gasteiger partial charge in [-0.2, -0.15) is 0 Å². The van der Waals surface area contributed by atoms with Gasteiger partial charge in [0.2, 0.25) is 0 Å². The Morgan fingerprint density at radius 3 is 1.94 bits per heavy atom. The van der Waals surface area contributed by atoms with Gasteiger partial charge in [-0.15, -0.1) is 0 Å². The Labute approximate surface area is 103 Å². The van der Waals surface area contributed by atoms with Crippen LogP contribution in [0.3, 0.4) is 0 Å². The van der Waals surface area contributed by atoms with E-state index >= 15 is 0 Å². The Morgan fingerprint density at radius 1 is 1.00 bits per heavy atom. The van der Waals surface area contributed by atoms with Gasteiger partial charge < -0.3 is 14.2 Å². The monoisotopic (exact) mass is 246 g/mol. The molecule has 0 aliphatic rings. The zero-order valence-corrected chi connectivity index (χ0v) is 13.1. The van der Waals surface area contributed by atoms with Crippen molar-refractivity contribution in [2.75, 3.05) is 19.8 Å². The predicted molar refractivity (Wildman–Crippen MR) is 70.5 cm³/mol. The molecule has 1 unspecified atom stereocenters. The molecule has 4 heteroatoms. The van der Waals surface area contributed by atoms with E-state index in [9.17, 15) is 0 Å². The molecule has 3 nitrogen and oxygen atoms in total. The molecule has 0 aromatic heterocycles. The highest BCUT2D eigenvalue weighted by Crippen LogP contribution is 2.05. The summed E-state index contributed by atoms with van der Waals surface area (Å²) < 4.78 is 16.7. The molecule has 0 amide bonds. The van der Waals surface area contributed by atoms with Gasteiger partial charge in [0, 0.05) is 22.9 Å². The van der Waals surface area contributed by atoms with Crippen LogP contribution in [0.4, 0.5) is 0 Å². The molecule has 0 heterocycles. The molecule has 0 aromatic carbocycles. The third-order valence-corrected chi connectivity index (χ3v) is 2.52. The smallest absolute Gasteiger partial charge is 0.277 e. The van der Waals surface area contributed by atoms with Gasteiger partial charge >= 0.3 is 0 Å². The summed E-state index contributed by atoms with van der Waals surface area (Å²) in [6.45, 7) is 8.50. The van der Waals surface area contributed by atoms with Crippen molar-refractivity contribution in [1.29, 1.82) is 0 Å². The molecule has 0 aliphatic heterocycles. The Kier molecular flexibility index (Phi) is 10.7. The van der Waals surface area contributed by atoms with Crippen LogP contribution in [0.1, 0.15) is 40.0 Å². The quantitative estimate of drug-likeness (QED) is 0.434. The Balaban J connectivity index is 4.06. The van der Waals surface area contributed by atoms with Crippen molar-refractivity contribution in [2.45, 2.75) is 45.8 Å². The van der Waals surface area contributed by atoms with Gasteiger partial charge in [-0.25, -0.2) is 0 Å². The summed E-state index contributed by atoms with van der Waals surface area (Å²) in [5.74, 6) is 0.639. The highest BCUT2D eigenvalue weighted by molar-refractivity contribution is 6.12. The molecule has 96 valence electrons. The van der Waals surface area contributed by atoms with Crippen molar-refractivity contribution in [3.8, 4) is 0 Å². The second kappa shape index (κ2) is 11.0. The van der Waals surface area contributed by atoms with Crippen LogP contribution in [-0.4, -0.2) is 35.8 Å². The van der Waals surface area contributed by atoms with E-state index in [4.69, 9.17) is 14.2 Å². The zero-order chi connectivity index (χ0) is 12.2. The minimum Gasteiger partial charge on any atom is -0.466 e. The average Bonchev–Trinajstić information content (AvgIpc) is 2.30. The molecular formula is C12H26O3Si. The molecule has 0 N–H and O–H groups in total. The second-order valence-corrected chi connectivity index (χ2v) is 4.90. The summed E-state index contributed by atoms with van der Waals surface area (Å²) in [5, 5.41) is 0. The van der Waals surface area contributed by atoms with Crippen molar-refractivity contribution in [3.63, 3.8) is 0 Å². The normalized spacial score (nSPS) is 12.2. The largest absolute Gasteiger partial charge is 0.466 e. The second-order valence-electron chi connectivity index (χ2n) is 3.76. The summed E-state index contributed by atoms with van der Waals surface area (Å²) in [4.78, 5) is 0. The molecule has 0 bridgehead atoms. The van der Waals surface area contributed by atoms with Gasteiger partial charge in [0.05, 0.1) is 18.9 Å². The Bertz CT molecular complexity index is 173. The summed E-state index contributed by atoms with van der Waals surface area (Å²) in [6, 6.07) is 0. The molecule has 0 radical (unpaired) electrons. The Hall–Kier alpha value is -0.483. The van der Waals surface area contributed by atoms with Crippen molar-refractivity contribution < 1.29 is 14.2 Å². The van der Waals surface area contributed by atoms with Crippen LogP contribution in [0, 0.1) is 0 Å². The van der Waals surface area contributed by atoms with E-state index in [0.29, 0.717) is 19.2 Å². The summed E-state index contributed by atoms with van der Waals surface area (Å²) in [7, 11) is 0.960. The SMILES string of the molecule is CCCOC(=CC([SiH3])OCCC)OCCC. The number of rotatable bonds is 10. The third-order valence-electron chi connectivity index (χ3n) is 1.85. The lowest BCUT2D eigenvalue weighted by molar-refractivity contribution is 0.0290. The van der Waals surface area contributed by atoms with E-state index in [-0.39, 0.29) is 5.73 Å². The minimum atomic E-state index is 0.184. The van der Waals surface area contributed by atoms with Crippen LogP contribution in [0.2, 0.25) is 0 Å². The number of hydrogen-bond donors (Lipinski definition) is 0. The fourth-order valence-corrected chi connectivity index (χ4v) is 1.59. The van der Waals surface area contributed by atoms with E-state index < -0.39 is 0 Å². The lowest BCUT2D eigenvalue weighted by Crippen LogP contribution is -2.13. The Morgan fingerprint density at radius 2 is 1.50 bits per heavy atom. The standard InChI is InChI=1S/C12H26O3Si/c1-4-7-13-11(14-8-5-2)10-12(16)15-9-6-3/h10,12H,4-9H2,1-3,16H3. The molecule has 0 saturated heterocycles. The van der Waals surface area contributed by atoms with Gasteiger partial charge in [-0.1, -0.05) is 20.8 Å². The van der Waals surface area contributed by atoms with Crippen molar-refractivity contribution in [3.05, 3.63) is 12.0 Å². The van der Waals surface area contributed by atoms with Gasteiger partial charge in [0.15, 0.2) is 0 Å². The summed E-state index contributed by atoms with van der Waals surface area (Å²) >= 11 is 0. The maximum absolute atomic E-state index is 5.61. The average molecular weight is 246 g/mol. The summed E-state index contributed by atoms with van der Waals surface area (Å²) in [5.41, 5.74) is 0.184. The van der Waals surface area contributed by atoms with Crippen molar-refractivity contribution in [1.82, 2.24) is 0 Å². The number of ether oxygens (including phenoxy) is 3. The van der Waals surface area contributed by atoms with Gasteiger partial charge in [0.1, 0.15) is 0 Å². The van der Waals surface area contributed by atoms with Crippen molar-refractivity contribution >= 4 is 10.2 Å². The molecule has 0 spiro atoms. The van der Waals surface area contributed by atoms with Gasteiger partial charge in [-0.05, 0) is 19.3 Å². The van der Waals surface area contributed by atoms with Crippen LogP contribution in [-0.2, 0) is 14.2 Å². The molecule has 0 fully saturated rings. The lowest BCUT2D eigenvalue weighted by atomic mass is 10.5. The van der Waals surface area contributed by atoms with Gasteiger partial charge in [0.25, 0.3) is 5.95 Å². The van der Waals surface area contributed by atoms with E-state index in [1.54, 1.807) is 0 Å². The predicted octanol–water partition coefficient (Wildman–Crippen LogP) is 1.80. The minimum absolute atomic E-state index is 0.184. The first-order valence-corrected chi connectivity index (χ1v) is 7.49. The van der Waals surface area contributed by atoms with E-state index in [1.165, 1.54) is 0 Å². The molecule has 0 aromatic rings. The van der Waals surface area contributed by atoms with Crippen LogP contribution in [0.25, 0.3) is 0 Å². The first kappa shape index (κ1) is 15.5. The van der Waals surface area contributed by atoms with E-state index in [0.717, 1.165) is 36.1 Å². The van der Waals surface area contributed by atoms with E-state index in [1.807, 2.05) is 6.08 Å². The molecule has 0 rings (SSSR count). The first-order chi connectivity index (χ1) is 7.74. The maximum atomic E-state index is 5.61. The fraction of sp³-hybridized carbons (Fsp3) is 0.833. The fourth-order valence-electron chi connectivity index (χ4n) is 1.09. The molecule has 0 saturated carbocycles. The maximum Gasteiger partial charge on any atom is 0.277 e. The molecule has 16 heavy (non-hydrogen) atoms. The topological polar surface area (TPSA) is 27.7 Å². The number of hydrogen-bond acceptors (Lipinski definition) is 3. The van der Waals surface area contributed by atoms with Crippen LogP contribution < -0.4 is 0 Å². The molecule has 0 aliphatic carbocycles. The highest BCUT2D eigenvalue weighted by Gasteiger charge is 2.04. The third kappa shape index (κ3) is 8.80. The zero-order valence-electron chi connectivity index (χ0n) is 11.1. The van der Waals surface area contributed by atoms with Crippen molar-refractivity contribution in [2.24, 2.45) is 0 Å². The van der Waals surface area contributed by atoms with Gasteiger partial charge in [-0.3, -0.25) is 0 Å². The first-order valence-electron chi connectivity index (χ1n) is 6.33. The highest BCUT2D eigenvalue weighted by atomic mass is 28.1. The molecular weight excluding hydrogens is 220 g/mol. The summed E-state index contributed by atoms with van der Waals surface area (Å²) in [6.07, 6.45) is 5.00. The van der Waals surface area contributed by atoms with Crippen LogP contribution in [0.5, 0.6) is 0 Å².